The average Bonchev–Trinajstić information content (AvgIpc) is 2.05. The largest absolute Gasteiger partial charge is 0.480 e. The molecule has 80 valence electrons. The fraction of sp³-hybridized carbons (Fsp3) is 0.875. The van der Waals surface area contributed by atoms with Gasteiger partial charge in [0.25, 0.3) is 0 Å². The van der Waals surface area contributed by atoms with Gasteiger partial charge in [-0.25, -0.2) is 4.79 Å². The summed E-state index contributed by atoms with van der Waals surface area (Å²) in [6, 6.07) is 0. The molecule has 0 fully saturated rings. The van der Waals surface area contributed by atoms with Crippen LogP contribution >= 0.6 is 0 Å². The van der Waals surface area contributed by atoms with E-state index in [1.807, 2.05) is 0 Å². The van der Waals surface area contributed by atoms with Gasteiger partial charge in [0, 0.05) is 0 Å². The van der Waals surface area contributed by atoms with E-state index >= 15 is 0 Å². The Balaban J connectivity index is 0. The lowest BCUT2D eigenvalue weighted by Gasteiger charge is -2.04. The Bertz CT molecular complexity index is 117. The van der Waals surface area contributed by atoms with Crippen molar-refractivity contribution < 1.29 is 20.1 Å². The van der Waals surface area contributed by atoms with Gasteiger partial charge in [0.1, 0.15) is 12.8 Å². The van der Waals surface area contributed by atoms with Gasteiger partial charge in [-0.05, 0) is 19.9 Å². The molecular formula is C8H19NO4. The summed E-state index contributed by atoms with van der Waals surface area (Å²) in [4.78, 5) is 9.12. The summed E-state index contributed by atoms with van der Waals surface area (Å²) in [5.74, 6) is -1.19. The minimum absolute atomic E-state index is 0.346. The van der Waals surface area contributed by atoms with Crippen molar-refractivity contribution in [2.45, 2.75) is 32.9 Å². The lowest BCUT2D eigenvalue weighted by molar-refractivity contribution is -0.140. The van der Waals surface area contributed by atoms with Crippen LogP contribution in [0.3, 0.4) is 0 Å². The van der Waals surface area contributed by atoms with Crippen LogP contribution in [-0.2, 0) is 4.79 Å². The van der Waals surface area contributed by atoms with Gasteiger partial charge in [0.2, 0.25) is 0 Å². The predicted octanol–water partition coefficient (Wildman–Crippen LogP) is -0.222. The highest BCUT2D eigenvalue weighted by Crippen LogP contribution is 1.82. The van der Waals surface area contributed by atoms with E-state index in [1.54, 1.807) is 6.92 Å². The average molecular weight is 193 g/mol. The Hall–Kier alpha value is -0.650. The number of unbranched alkanes of at least 4 members (excludes halogenated alkanes) is 1. The fourth-order valence-electron chi connectivity index (χ4n) is 0.488. The number of aliphatic carboxylic acids is 1. The number of carbonyl (C=O) groups is 1. The quantitative estimate of drug-likeness (QED) is 0.358. The molecule has 0 aromatic rings. The first-order valence-corrected chi connectivity index (χ1v) is 4.28. The summed E-state index contributed by atoms with van der Waals surface area (Å²) in [7, 11) is 0. The third-order valence-corrected chi connectivity index (χ3v) is 1.11. The third-order valence-electron chi connectivity index (χ3n) is 1.11. The zero-order valence-corrected chi connectivity index (χ0v) is 8.16. The van der Waals surface area contributed by atoms with E-state index in [2.05, 4.69) is 12.2 Å². The number of carboxylic acids is 1. The Kier molecular flexibility index (Phi) is 13.0. The molecule has 0 heterocycles. The molecule has 1 atom stereocenters. The topological polar surface area (TPSA) is 89.8 Å². The fourth-order valence-corrected chi connectivity index (χ4v) is 0.488. The van der Waals surface area contributed by atoms with Crippen molar-refractivity contribution in [3.8, 4) is 0 Å². The minimum atomic E-state index is -1.19. The molecule has 0 rings (SSSR count). The number of aliphatic hydroxyl groups is 2. The van der Waals surface area contributed by atoms with Gasteiger partial charge in [0.15, 0.2) is 0 Å². The molecule has 0 amide bonds. The molecule has 0 aliphatic rings. The van der Waals surface area contributed by atoms with E-state index in [4.69, 9.17) is 20.1 Å². The molecule has 0 radical (unpaired) electrons. The summed E-state index contributed by atoms with van der Waals surface area (Å²) in [6.07, 6.45) is 1.98. The standard InChI is InChI=1S/C6H15NO.C2H4O3/c1-3-4-5-7-6(2)8;3-1-2(4)5/h6-8H,3-5H2,1-2H3;3H,1H2,(H,4,5). The van der Waals surface area contributed by atoms with Crippen molar-refractivity contribution in [1.29, 1.82) is 0 Å². The van der Waals surface area contributed by atoms with E-state index in [9.17, 15) is 0 Å². The number of rotatable bonds is 5. The summed E-state index contributed by atoms with van der Waals surface area (Å²) in [6.45, 7) is 4.01. The molecule has 0 bridgehead atoms. The van der Waals surface area contributed by atoms with Crippen LogP contribution in [0.4, 0.5) is 0 Å². The van der Waals surface area contributed by atoms with E-state index in [0.717, 1.165) is 13.0 Å². The molecule has 13 heavy (non-hydrogen) atoms. The number of hydrogen-bond acceptors (Lipinski definition) is 4. The second kappa shape index (κ2) is 11.4. The lowest BCUT2D eigenvalue weighted by atomic mass is 10.3. The molecule has 1 unspecified atom stereocenters. The van der Waals surface area contributed by atoms with Gasteiger partial charge in [-0.1, -0.05) is 13.3 Å². The van der Waals surface area contributed by atoms with Crippen molar-refractivity contribution in [3.63, 3.8) is 0 Å². The number of hydrogen-bond donors (Lipinski definition) is 4. The first-order valence-electron chi connectivity index (χ1n) is 4.28. The maximum absolute atomic E-state index is 9.12. The zero-order chi connectivity index (χ0) is 10.7. The Labute approximate surface area is 78.4 Å². The molecule has 0 spiro atoms. The lowest BCUT2D eigenvalue weighted by Crippen LogP contribution is -2.25. The van der Waals surface area contributed by atoms with Crippen LogP contribution in [0, 0.1) is 0 Å². The van der Waals surface area contributed by atoms with Gasteiger partial charge in [-0.15, -0.1) is 0 Å². The van der Waals surface area contributed by atoms with E-state index in [1.165, 1.54) is 6.42 Å². The Morgan fingerprint density at radius 2 is 2.00 bits per heavy atom. The molecule has 4 N–H and O–H groups in total. The summed E-state index contributed by atoms with van der Waals surface area (Å²) in [5.41, 5.74) is 0. The van der Waals surface area contributed by atoms with Crippen LogP contribution < -0.4 is 5.32 Å². The van der Waals surface area contributed by atoms with Gasteiger partial charge in [-0.3, -0.25) is 5.32 Å². The van der Waals surface area contributed by atoms with Crippen LogP contribution in [0.1, 0.15) is 26.7 Å². The van der Waals surface area contributed by atoms with Crippen LogP contribution in [0.25, 0.3) is 0 Å². The highest BCUT2D eigenvalue weighted by molar-refractivity contribution is 5.67. The van der Waals surface area contributed by atoms with Crippen LogP contribution in [0.2, 0.25) is 0 Å². The van der Waals surface area contributed by atoms with Gasteiger partial charge >= 0.3 is 5.97 Å². The van der Waals surface area contributed by atoms with Gasteiger partial charge < -0.3 is 15.3 Å². The maximum Gasteiger partial charge on any atom is 0.329 e. The first kappa shape index (κ1) is 14.9. The van der Waals surface area contributed by atoms with Crippen molar-refractivity contribution in [2.75, 3.05) is 13.2 Å². The zero-order valence-electron chi connectivity index (χ0n) is 8.16. The minimum Gasteiger partial charge on any atom is -0.480 e. The van der Waals surface area contributed by atoms with Gasteiger partial charge in [-0.2, -0.15) is 0 Å². The molecular weight excluding hydrogens is 174 g/mol. The third kappa shape index (κ3) is 24.6. The van der Waals surface area contributed by atoms with E-state index < -0.39 is 12.6 Å². The highest BCUT2D eigenvalue weighted by Gasteiger charge is 1.89. The second-order valence-electron chi connectivity index (χ2n) is 2.54. The molecule has 0 aromatic carbocycles. The molecule has 0 saturated carbocycles. The van der Waals surface area contributed by atoms with E-state index in [-0.39, 0.29) is 6.23 Å². The molecule has 0 aromatic heterocycles. The predicted molar refractivity (Wildman–Crippen MR) is 49.3 cm³/mol. The van der Waals surface area contributed by atoms with Crippen LogP contribution in [0.5, 0.6) is 0 Å². The summed E-state index contributed by atoms with van der Waals surface area (Å²) >= 11 is 0. The monoisotopic (exact) mass is 193 g/mol. The SMILES string of the molecule is CCCCNC(C)O.O=C(O)CO. The Morgan fingerprint density at radius 1 is 1.54 bits per heavy atom. The number of aliphatic hydroxyl groups excluding tert-OH is 2. The summed E-state index contributed by atoms with van der Waals surface area (Å²) in [5, 5.41) is 26.6. The molecule has 5 nitrogen and oxygen atoms in total. The van der Waals surface area contributed by atoms with Crippen LogP contribution in [-0.4, -0.2) is 40.7 Å². The van der Waals surface area contributed by atoms with Crippen molar-refractivity contribution in [2.24, 2.45) is 0 Å². The van der Waals surface area contributed by atoms with E-state index in [0.29, 0.717) is 0 Å². The summed E-state index contributed by atoms with van der Waals surface area (Å²) < 4.78 is 0. The highest BCUT2D eigenvalue weighted by atomic mass is 16.4. The maximum atomic E-state index is 9.12. The number of carboxylic acid groups (broad SMARTS) is 1. The molecule has 0 aliphatic carbocycles. The molecule has 0 saturated heterocycles. The van der Waals surface area contributed by atoms with Crippen molar-refractivity contribution >= 4 is 5.97 Å². The molecule has 0 aliphatic heterocycles. The first-order chi connectivity index (χ1) is 6.04. The van der Waals surface area contributed by atoms with Gasteiger partial charge in [0.05, 0.1) is 0 Å². The second-order valence-corrected chi connectivity index (χ2v) is 2.54. The van der Waals surface area contributed by atoms with Crippen LogP contribution in [0.15, 0.2) is 0 Å². The normalized spacial score (nSPS) is 11.4. The smallest absolute Gasteiger partial charge is 0.329 e. The Morgan fingerprint density at radius 3 is 2.23 bits per heavy atom. The number of nitrogens with one attached hydrogen (secondary N) is 1. The van der Waals surface area contributed by atoms with Crippen molar-refractivity contribution in [3.05, 3.63) is 0 Å². The van der Waals surface area contributed by atoms with Crippen molar-refractivity contribution in [1.82, 2.24) is 5.32 Å². The molecule has 5 heteroatoms.